The van der Waals surface area contributed by atoms with Crippen LogP contribution in [0.15, 0.2) is 0 Å². The molecule has 9 N–H and O–H groups in total. The molecule has 0 aromatic carbocycles. The Morgan fingerprint density at radius 1 is 0.781 bits per heavy atom. The van der Waals surface area contributed by atoms with Gasteiger partial charge in [-0.05, 0) is 18.3 Å². The molecule has 0 radical (unpaired) electrons. The van der Waals surface area contributed by atoms with Crippen LogP contribution in [0.3, 0.4) is 0 Å². The molecule has 0 aromatic heterocycles. The van der Waals surface area contributed by atoms with Crippen LogP contribution < -0.4 is 27.4 Å². The number of primary amides is 1. The predicted octanol–water partition coefficient (Wildman–Crippen LogP) is -2.10. The molecule has 4 unspecified atom stereocenters. The van der Waals surface area contributed by atoms with Crippen molar-refractivity contribution in [3.05, 3.63) is 0 Å². The summed E-state index contributed by atoms with van der Waals surface area (Å²) in [5, 5.41) is 25.1. The summed E-state index contributed by atoms with van der Waals surface area (Å²) in [6, 6.07) is -5.03. The number of rotatable bonds is 14. The second-order valence-electron chi connectivity index (χ2n) is 8.07. The van der Waals surface area contributed by atoms with Crippen molar-refractivity contribution in [2.24, 2.45) is 23.3 Å². The summed E-state index contributed by atoms with van der Waals surface area (Å²) in [5.41, 5.74) is 10.5. The van der Waals surface area contributed by atoms with E-state index < -0.39 is 78.0 Å². The molecule has 0 aromatic rings. The zero-order valence-electron chi connectivity index (χ0n) is 18.6. The van der Waals surface area contributed by atoms with Crippen LogP contribution in [0.25, 0.3) is 0 Å². The van der Waals surface area contributed by atoms with E-state index in [0.717, 1.165) is 0 Å². The smallest absolute Gasteiger partial charge is 0.326 e. The van der Waals surface area contributed by atoms with Crippen molar-refractivity contribution < 1.29 is 39.0 Å². The maximum atomic E-state index is 12.8. The Morgan fingerprint density at radius 2 is 1.22 bits per heavy atom. The molecule has 4 atom stereocenters. The summed E-state index contributed by atoms with van der Waals surface area (Å²) >= 11 is 0. The fourth-order valence-corrected chi connectivity index (χ4v) is 2.66. The lowest BCUT2D eigenvalue weighted by molar-refractivity contribution is -0.143. The van der Waals surface area contributed by atoms with E-state index in [1.165, 1.54) is 0 Å². The van der Waals surface area contributed by atoms with E-state index in [1.807, 2.05) is 0 Å². The second kappa shape index (κ2) is 13.2. The van der Waals surface area contributed by atoms with Crippen LogP contribution in [0.5, 0.6) is 0 Å². The number of nitrogens with one attached hydrogen (secondary N) is 3. The number of carbonyl (C=O) groups excluding carboxylic acids is 4. The molecule has 0 heterocycles. The molecule has 0 rings (SSSR count). The molecule has 13 heteroatoms. The van der Waals surface area contributed by atoms with Crippen molar-refractivity contribution >= 4 is 35.6 Å². The van der Waals surface area contributed by atoms with Gasteiger partial charge in [-0.15, -0.1) is 0 Å². The van der Waals surface area contributed by atoms with Gasteiger partial charge in [-0.1, -0.05) is 27.7 Å². The zero-order valence-corrected chi connectivity index (χ0v) is 18.6. The molecule has 0 aliphatic carbocycles. The summed E-state index contributed by atoms with van der Waals surface area (Å²) in [6.45, 7) is 6.49. The Balaban J connectivity index is 5.36. The van der Waals surface area contributed by atoms with Crippen LogP contribution in [0.1, 0.15) is 47.0 Å². The average Bonchev–Trinajstić information content (AvgIpc) is 2.65. The summed E-state index contributed by atoms with van der Waals surface area (Å²) in [4.78, 5) is 70.6. The van der Waals surface area contributed by atoms with Crippen molar-refractivity contribution in [1.82, 2.24) is 16.0 Å². The number of carboxylic acids is 2. The van der Waals surface area contributed by atoms with Crippen molar-refractivity contribution in [2.75, 3.05) is 0 Å². The highest BCUT2D eigenvalue weighted by molar-refractivity contribution is 5.95. The first kappa shape index (κ1) is 28.8. The van der Waals surface area contributed by atoms with Crippen LogP contribution in [-0.4, -0.2) is 69.9 Å². The molecule has 0 saturated heterocycles. The van der Waals surface area contributed by atoms with Crippen LogP contribution in [0.4, 0.5) is 0 Å². The first-order chi connectivity index (χ1) is 14.7. The van der Waals surface area contributed by atoms with E-state index in [2.05, 4.69) is 16.0 Å². The normalized spacial score (nSPS) is 14.7. The highest BCUT2D eigenvalue weighted by atomic mass is 16.4. The SMILES string of the molecule is CC(C)C(NC(=O)C(N)CC(=O)O)C(=O)NC(C(=O)NC(CCC(N)=O)C(=O)O)C(C)C. The fourth-order valence-electron chi connectivity index (χ4n) is 2.66. The average molecular weight is 460 g/mol. The van der Waals surface area contributed by atoms with E-state index in [-0.39, 0.29) is 12.8 Å². The van der Waals surface area contributed by atoms with Gasteiger partial charge in [0.2, 0.25) is 23.6 Å². The number of hydrogen-bond donors (Lipinski definition) is 7. The lowest BCUT2D eigenvalue weighted by Gasteiger charge is -2.28. The standard InChI is InChI=1S/C19H33N5O8/c1-8(2)14(17(29)22-11(19(31)32)5-6-12(21)25)24-18(30)15(9(3)4)23-16(28)10(20)7-13(26)27/h8-11,14-15H,5-7,20H2,1-4H3,(H2,21,25)(H,22,29)(H,23,28)(H,24,30)(H,26,27)(H,31,32). The van der Waals surface area contributed by atoms with Crippen molar-refractivity contribution in [2.45, 2.75) is 71.1 Å². The van der Waals surface area contributed by atoms with E-state index in [4.69, 9.17) is 16.6 Å². The Morgan fingerprint density at radius 3 is 1.59 bits per heavy atom. The van der Waals surface area contributed by atoms with Crippen molar-refractivity contribution in [3.63, 3.8) is 0 Å². The zero-order chi connectivity index (χ0) is 25.2. The maximum Gasteiger partial charge on any atom is 0.326 e. The lowest BCUT2D eigenvalue weighted by atomic mass is 9.98. The molecule has 0 aliphatic heterocycles. The molecule has 4 amide bonds. The van der Waals surface area contributed by atoms with Gasteiger partial charge in [-0.3, -0.25) is 24.0 Å². The number of hydrogen-bond acceptors (Lipinski definition) is 7. The third-order valence-corrected chi connectivity index (χ3v) is 4.52. The van der Waals surface area contributed by atoms with Crippen molar-refractivity contribution in [1.29, 1.82) is 0 Å². The second-order valence-corrected chi connectivity index (χ2v) is 8.07. The Kier molecular flexibility index (Phi) is 11.9. The first-order valence-corrected chi connectivity index (χ1v) is 10.1. The molecule has 32 heavy (non-hydrogen) atoms. The van der Waals surface area contributed by atoms with Gasteiger partial charge in [0, 0.05) is 6.42 Å². The van der Waals surface area contributed by atoms with E-state index in [9.17, 15) is 33.9 Å². The monoisotopic (exact) mass is 459 g/mol. The Bertz CT molecular complexity index is 725. The van der Waals surface area contributed by atoms with Gasteiger partial charge in [0.25, 0.3) is 0 Å². The molecule has 0 bridgehead atoms. The van der Waals surface area contributed by atoms with Gasteiger partial charge >= 0.3 is 11.9 Å². The fraction of sp³-hybridized carbons (Fsp3) is 0.684. The molecule has 13 nitrogen and oxygen atoms in total. The molecule has 182 valence electrons. The summed E-state index contributed by atoms with van der Waals surface area (Å²) < 4.78 is 0. The van der Waals surface area contributed by atoms with Gasteiger partial charge in [0.15, 0.2) is 0 Å². The van der Waals surface area contributed by atoms with E-state index in [1.54, 1.807) is 27.7 Å². The van der Waals surface area contributed by atoms with Crippen LogP contribution in [-0.2, 0) is 28.8 Å². The number of nitrogens with two attached hydrogens (primary N) is 2. The summed E-state index contributed by atoms with van der Waals surface area (Å²) in [7, 11) is 0. The highest BCUT2D eigenvalue weighted by Crippen LogP contribution is 2.08. The summed E-state index contributed by atoms with van der Waals surface area (Å²) in [6.07, 6.45) is -1.10. The third-order valence-electron chi connectivity index (χ3n) is 4.52. The molecule has 0 fully saturated rings. The van der Waals surface area contributed by atoms with E-state index >= 15 is 0 Å². The Labute approximate surface area is 185 Å². The number of carbonyl (C=O) groups is 6. The van der Waals surface area contributed by atoms with Gasteiger partial charge in [-0.25, -0.2) is 4.79 Å². The summed E-state index contributed by atoms with van der Waals surface area (Å²) in [5.74, 6) is -6.63. The Hall–Kier alpha value is -3.22. The topological polar surface area (TPSA) is 231 Å². The molecule has 0 spiro atoms. The van der Waals surface area contributed by atoms with Crippen LogP contribution in [0.2, 0.25) is 0 Å². The highest BCUT2D eigenvalue weighted by Gasteiger charge is 2.33. The molecular weight excluding hydrogens is 426 g/mol. The molecular formula is C19H33N5O8. The van der Waals surface area contributed by atoms with Gasteiger partial charge in [0.05, 0.1) is 12.5 Å². The predicted molar refractivity (Wildman–Crippen MR) is 112 cm³/mol. The van der Waals surface area contributed by atoms with Gasteiger partial charge in [-0.2, -0.15) is 0 Å². The minimum Gasteiger partial charge on any atom is -0.481 e. The first-order valence-electron chi connectivity index (χ1n) is 10.1. The quantitative estimate of drug-likeness (QED) is 0.151. The number of aliphatic carboxylic acids is 2. The minimum atomic E-state index is -1.39. The number of amides is 4. The largest absolute Gasteiger partial charge is 0.481 e. The van der Waals surface area contributed by atoms with Crippen molar-refractivity contribution in [3.8, 4) is 0 Å². The lowest BCUT2D eigenvalue weighted by Crippen LogP contribution is -2.59. The van der Waals surface area contributed by atoms with Crippen LogP contribution >= 0.6 is 0 Å². The molecule has 0 saturated carbocycles. The third kappa shape index (κ3) is 10.2. The van der Waals surface area contributed by atoms with Crippen LogP contribution in [0, 0.1) is 11.8 Å². The number of carboxylic acid groups (broad SMARTS) is 2. The minimum absolute atomic E-state index is 0.221. The molecule has 0 aliphatic rings. The van der Waals surface area contributed by atoms with Gasteiger partial charge < -0.3 is 37.6 Å². The maximum absolute atomic E-state index is 12.8. The van der Waals surface area contributed by atoms with Gasteiger partial charge in [0.1, 0.15) is 18.1 Å². The van der Waals surface area contributed by atoms with E-state index in [0.29, 0.717) is 0 Å².